The minimum Gasteiger partial charge on any atom is -0.302 e. The number of hydrogen-bond acceptors (Lipinski definition) is 3. The van der Waals surface area contributed by atoms with E-state index in [2.05, 4.69) is 0 Å². The molecule has 2 atom stereocenters. The summed E-state index contributed by atoms with van der Waals surface area (Å²) in [4.78, 5) is 10.2. The molecule has 0 radical (unpaired) electrons. The molecule has 0 heterocycles. The van der Waals surface area contributed by atoms with Crippen LogP contribution in [0.25, 0.3) is 0 Å². The van der Waals surface area contributed by atoms with Crippen molar-refractivity contribution in [2.24, 2.45) is 5.92 Å². The number of carbonyl (C=O) groups excluding carboxylic acids is 1. The van der Waals surface area contributed by atoms with Crippen molar-refractivity contribution in [1.82, 2.24) is 0 Å². The molecule has 0 rings (SSSR count). The predicted molar refractivity (Wildman–Crippen MR) is 40.9 cm³/mol. The van der Waals surface area contributed by atoms with Crippen LogP contribution in [0.4, 0.5) is 0 Å². The summed E-state index contributed by atoms with van der Waals surface area (Å²) in [6.45, 7) is 3.36. The van der Waals surface area contributed by atoms with Crippen molar-refractivity contribution in [3.63, 3.8) is 0 Å². The molecule has 0 aliphatic carbocycles. The van der Waals surface area contributed by atoms with Crippen molar-refractivity contribution in [2.75, 3.05) is 0 Å². The van der Waals surface area contributed by atoms with Crippen molar-refractivity contribution in [3.05, 3.63) is 0 Å². The van der Waals surface area contributed by atoms with Crippen molar-refractivity contribution >= 4 is 16.4 Å². The summed E-state index contributed by atoms with van der Waals surface area (Å²) in [5.41, 5.74) is 0. The van der Waals surface area contributed by atoms with E-state index in [1.165, 1.54) is 0 Å². The average Bonchev–Trinajstić information content (AvgIpc) is 1.86. The first-order valence-corrected chi connectivity index (χ1v) is 4.85. The van der Waals surface area contributed by atoms with Gasteiger partial charge in [-0.3, -0.25) is 4.55 Å². The van der Waals surface area contributed by atoms with E-state index in [0.717, 1.165) is 0 Å². The van der Waals surface area contributed by atoms with E-state index in [1.54, 1.807) is 13.8 Å². The van der Waals surface area contributed by atoms with Gasteiger partial charge in [-0.25, -0.2) is 0 Å². The van der Waals surface area contributed by atoms with Gasteiger partial charge in [-0.05, 0) is 5.92 Å². The Bertz CT molecular complexity index is 219. The van der Waals surface area contributed by atoms with Gasteiger partial charge < -0.3 is 4.79 Å². The molecule has 0 amide bonds. The van der Waals surface area contributed by atoms with Gasteiger partial charge in [0.05, 0.1) is 0 Å². The van der Waals surface area contributed by atoms with E-state index in [1.807, 2.05) is 0 Å². The predicted octanol–water partition coefficient (Wildman–Crippen LogP) is 0.488. The molecule has 2 unspecified atom stereocenters. The van der Waals surface area contributed by atoms with Crippen LogP contribution in [0.3, 0.4) is 0 Å². The third-order valence-electron chi connectivity index (χ3n) is 1.68. The van der Waals surface area contributed by atoms with E-state index in [-0.39, 0.29) is 12.2 Å². The van der Waals surface area contributed by atoms with Gasteiger partial charge in [0.2, 0.25) is 0 Å². The van der Waals surface area contributed by atoms with Crippen LogP contribution in [-0.4, -0.2) is 24.5 Å². The highest BCUT2D eigenvalue weighted by Gasteiger charge is 2.27. The second kappa shape index (κ2) is 3.82. The SMILES string of the molecule is CCC(C)C(C=O)S(=O)(=O)O. The first-order valence-electron chi connectivity index (χ1n) is 3.35. The minimum atomic E-state index is -4.19. The van der Waals surface area contributed by atoms with Crippen molar-refractivity contribution in [1.29, 1.82) is 0 Å². The van der Waals surface area contributed by atoms with Gasteiger partial charge in [0.1, 0.15) is 11.5 Å². The summed E-state index contributed by atoms with van der Waals surface area (Å²) in [6, 6.07) is 0. The fourth-order valence-corrected chi connectivity index (χ4v) is 1.65. The quantitative estimate of drug-likeness (QED) is 0.504. The average molecular weight is 180 g/mol. The molecule has 0 aromatic carbocycles. The molecule has 0 aliphatic rings. The van der Waals surface area contributed by atoms with Gasteiger partial charge in [0.15, 0.2) is 0 Å². The molecular formula is C6H12O4S. The summed E-state index contributed by atoms with van der Waals surface area (Å²) in [7, 11) is -4.19. The zero-order valence-corrected chi connectivity index (χ0v) is 7.34. The summed E-state index contributed by atoms with van der Waals surface area (Å²) >= 11 is 0. The smallest absolute Gasteiger partial charge is 0.274 e. The summed E-state index contributed by atoms with van der Waals surface area (Å²) in [5.74, 6) is -0.331. The van der Waals surface area contributed by atoms with Crippen LogP contribution in [0.15, 0.2) is 0 Å². The van der Waals surface area contributed by atoms with E-state index >= 15 is 0 Å². The fourth-order valence-electron chi connectivity index (χ4n) is 0.730. The van der Waals surface area contributed by atoms with Crippen LogP contribution in [0, 0.1) is 5.92 Å². The lowest BCUT2D eigenvalue weighted by Gasteiger charge is -2.12. The Morgan fingerprint density at radius 1 is 1.55 bits per heavy atom. The molecule has 5 heteroatoms. The Hall–Kier alpha value is -0.420. The molecule has 0 bridgehead atoms. The molecule has 11 heavy (non-hydrogen) atoms. The molecule has 4 nitrogen and oxygen atoms in total. The molecule has 0 aromatic heterocycles. The first kappa shape index (κ1) is 10.6. The lowest BCUT2D eigenvalue weighted by atomic mass is 10.1. The van der Waals surface area contributed by atoms with Crippen molar-refractivity contribution in [2.45, 2.75) is 25.5 Å². The Labute approximate surface area is 66.4 Å². The maximum atomic E-state index is 10.5. The Morgan fingerprint density at radius 2 is 2.00 bits per heavy atom. The molecule has 0 aromatic rings. The third-order valence-corrected chi connectivity index (χ3v) is 2.95. The molecule has 0 aliphatic heterocycles. The lowest BCUT2D eigenvalue weighted by molar-refractivity contribution is -0.108. The Balaban J connectivity index is 4.55. The molecular weight excluding hydrogens is 168 g/mol. The number of aldehydes is 1. The van der Waals surface area contributed by atoms with Crippen LogP contribution in [0.5, 0.6) is 0 Å². The van der Waals surface area contributed by atoms with Crippen molar-refractivity contribution < 1.29 is 17.8 Å². The normalized spacial score (nSPS) is 17.4. The van der Waals surface area contributed by atoms with Gasteiger partial charge in [-0.1, -0.05) is 20.3 Å². The van der Waals surface area contributed by atoms with Crippen LogP contribution in [0.1, 0.15) is 20.3 Å². The van der Waals surface area contributed by atoms with E-state index < -0.39 is 15.4 Å². The monoisotopic (exact) mass is 180 g/mol. The molecule has 0 spiro atoms. The zero-order valence-electron chi connectivity index (χ0n) is 6.52. The summed E-state index contributed by atoms with van der Waals surface area (Å²) < 4.78 is 29.5. The number of rotatable bonds is 4. The standard InChI is InChI=1S/C6H12O4S/c1-3-5(2)6(4-7)11(8,9)10/h4-6H,3H2,1-2H3,(H,8,9,10). The van der Waals surface area contributed by atoms with Crippen LogP contribution in [-0.2, 0) is 14.9 Å². The van der Waals surface area contributed by atoms with Gasteiger partial charge in [0, 0.05) is 0 Å². The Kier molecular flexibility index (Phi) is 3.68. The van der Waals surface area contributed by atoms with Crippen LogP contribution >= 0.6 is 0 Å². The molecule has 0 fully saturated rings. The highest BCUT2D eigenvalue weighted by atomic mass is 32.2. The third kappa shape index (κ3) is 2.98. The molecule has 1 N–H and O–H groups in total. The molecule has 66 valence electrons. The number of carbonyl (C=O) groups is 1. The largest absolute Gasteiger partial charge is 0.302 e. The van der Waals surface area contributed by atoms with Gasteiger partial charge in [-0.2, -0.15) is 8.42 Å². The van der Waals surface area contributed by atoms with E-state index in [9.17, 15) is 13.2 Å². The lowest BCUT2D eigenvalue weighted by Crippen LogP contribution is -2.28. The topological polar surface area (TPSA) is 71.4 Å². The Morgan fingerprint density at radius 3 is 2.09 bits per heavy atom. The minimum absolute atomic E-state index is 0.267. The van der Waals surface area contributed by atoms with Gasteiger partial charge in [-0.15, -0.1) is 0 Å². The second-order valence-corrected chi connectivity index (χ2v) is 4.08. The maximum Gasteiger partial charge on any atom is 0.274 e. The van der Waals surface area contributed by atoms with Crippen LogP contribution in [0.2, 0.25) is 0 Å². The van der Waals surface area contributed by atoms with E-state index in [0.29, 0.717) is 6.42 Å². The highest BCUT2D eigenvalue weighted by molar-refractivity contribution is 7.87. The number of hydrogen-bond donors (Lipinski definition) is 1. The summed E-state index contributed by atoms with van der Waals surface area (Å²) in [5, 5.41) is -1.27. The molecule has 0 saturated carbocycles. The zero-order chi connectivity index (χ0) is 9.07. The van der Waals surface area contributed by atoms with Gasteiger partial charge >= 0.3 is 0 Å². The fraction of sp³-hybridized carbons (Fsp3) is 0.833. The first-order chi connectivity index (χ1) is 4.93. The highest BCUT2D eigenvalue weighted by Crippen LogP contribution is 2.12. The van der Waals surface area contributed by atoms with Gasteiger partial charge in [0.25, 0.3) is 10.1 Å². The molecule has 0 saturated heterocycles. The van der Waals surface area contributed by atoms with Crippen LogP contribution < -0.4 is 0 Å². The summed E-state index contributed by atoms with van der Waals surface area (Å²) in [6.07, 6.45) is 0.812. The van der Waals surface area contributed by atoms with Crippen molar-refractivity contribution in [3.8, 4) is 0 Å². The maximum absolute atomic E-state index is 10.5. The van der Waals surface area contributed by atoms with E-state index in [4.69, 9.17) is 4.55 Å². The second-order valence-electron chi connectivity index (χ2n) is 2.50.